The van der Waals surface area contributed by atoms with Gasteiger partial charge in [0.05, 0.1) is 23.0 Å². The highest BCUT2D eigenvalue weighted by Crippen LogP contribution is 2.33. The molecule has 3 aromatic rings. The lowest BCUT2D eigenvalue weighted by molar-refractivity contribution is 0.0931. The number of anilines is 1. The lowest BCUT2D eigenvalue weighted by atomic mass is 10.0. The van der Waals surface area contributed by atoms with Crippen molar-refractivity contribution in [1.82, 2.24) is 14.9 Å². The molecule has 194 valence electrons. The number of aryl methyl sites for hydroxylation is 2. The number of aliphatic hydroxyl groups is 1. The van der Waals surface area contributed by atoms with E-state index in [1.54, 1.807) is 12.1 Å². The van der Waals surface area contributed by atoms with Gasteiger partial charge in [0.15, 0.2) is 0 Å². The van der Waals surface area contributed by atoms with E-state index in [0.717, 1.165) is 41.9 Å². The number of aliphatic hydroxyl groups excluding tert-OH is 1. The smallest absolute Gasteiger partial charge is 0.253 e. The fraction of sp³-hybridized carbons (Fsp3) is 0.429. The SMILES string of the molecule is CCCCc1nc(-c2ccc(CC(CCO)NC(=O)c3ccc(OC(C)C)c(Cl)c3N)cc2)cn1C. The Morgan fingerprint density at radius 1 is 1.22 bits per heavy atom. The van der Waals surface area contributed by atoms with Crippen LogP contribution in [0.3, 0.4) is 0 Å². The molecule has 2 aromatic carbocycles. The van der Waals surface area contributed by atoms with E-state index in [-0.39, 0.29) is 40.9 Å². The van der Waals surface area contributed by atoms with Crippen LogP contribution in [0.15, 0.2) is 42.6 Å². The average molecular weight is 513 g/mol. The van der Waals surface area contributed by atoms with Crippen LogP contribution < -0.4 is 15.8 Å². The zero-order valence-corrected chi connectivity index (χ0v) is 22.3. The Balaban J connectivity index is 1.70. The molecule has 0 aliphatic carbocycles. The summed E-state index contributed by atoms with van der Waals surface area (Å²) in [4.78, 5) is 17.8. The van der Waals surface area contributed by atoms with Gasteiger partial charge in [-0.1, -0.05) is 49.2 Å². The third kappa shape index (κ3) is 7.02. The summed E-state index contributed by atoms with van der Waals surface area (Å²) in [6.45, 7) is 5.91. The molecule has 0 bridgehead atoms. The maximum Gasteiger partial charge on any atom is 0.253 e. The van der Waals surface area contributed by atoms with Crippen LogP contribution in [0.5, 0.6) is 5.75 Å². The van der Waals surface area contributed by atoms with E-state index in [1.807, 2.05) is 45.2 Å². The summed E-state index contributed by atoms with van der Waals surface area (Å²) < 4.78 is 7.73. The van der Waals surface area contributed by atoms with Crippen molar-refractivity contribution in [2.24, 2.45) is 7.05 Å². The molecular formula is C28H37ClN4O3. The summed E-state index contributed by atoms with van der Waals surface area (Å²) >= 11 is 6.34. The Labute approximate surface area is 218 Å². The number of nitrogen functional groups attached to an aromatic ring is 1. The van der Waals surface area contributed by atoms with E-state index >= 15 is 0 Å². The van der Waals surface area contributed by atoms with Gasteiger partial charge in [-0.2, -0.15) is 0 Å². The molecule has 3 rings (SSSR count). The number of rotatable bonds is 12. The normalized spacial score (nSPS) is 12.1. The first-order chi connectivity index (χ1) is 17.2. The monoisotopic (exact) mass is 512 g/mol. The van der Waals surface area contributed by atoms with E-state index in [0.29, 0.717) is 18.6 Å². The number of carbonyl (C=O) groups is 1. The molecule has 7 nitrogen and oxygen atoms in total. The van der Waals surface area contributed by atoms with Gasteiger partial charge in [0.1, 0.15) is 16.6 Å². The largest absolute Gasteiger partial charge is 0.489 e. The number of unbranched alkanes of at least 4 members (excludes halogenated alkanes) is 1. The topological polar surface area (TPSA) is 102 Å². The molecule has 0 aliphatic heterocycles. The summed E-state index contributed by atoms with van der Waals surface area (Å²) in [6.07, 6.45) is 6.20. The molecule has 1 heterocycles. The molecule has 0 spiro atoms. The van der Waals surface area contributed by atoms with Crippen molar-refractivity contribution in [3.63, 3.8) is 0 Å². The minimum absolute atomic E-state index is 0.0467. The molecule has 4 N–H and O–H groups in total. The predicted octanol–water partition coefficient (Wildman–Crippen LogP) is 5.18. The van der Waals surface area contributed by atoms with Gasteiger partial charge in [-0.15, -0.1) is 0 Å². The second kappa shape index (κ2) is 12.8. The lowest BCUT2D eigenvalue weighted by Crippen LogP contribution is -2.37. The molecule has 0 radical (unpaired) electrons. The Morgan fingerprint density at radius 2 is 1.94 bits per heavy atom. The highest BCUT2D eigenvalue weighted by molar-refractivity contribution is 6.35. The number of nitrogens with one attached hydrogen (secondary N) is 1. The molecule has 1 atom stereocenters. The molecule has 0 fully saturated rings. The number of nitrogens with zero attached hydrogens (tertiary/aromatic N) is 2. The van der Waals surface area contributed by atoms with Crippen molar-refractivity contribution in [2.75, 3.05) is 12.3 Å². The zero-order valence-electron chi connectivity index (χ0n) is 21.6. The number of ether oxygens (including phenoxy) is 1. The summed E-state index contributed by atoms with van der Waals surface area (Å²) in [6, 6.07) is 11.2. The number of imidazole rings is 1. The number of carbonyl (C=O) groups excluding carboxylic acids is 1. The van der Waals surface area contributed by atoms with Crippen molar-refractivity contribution >= 4 is 23.2 Å². The predicted molar refractivity (Wildman–Crippen MR) is 146 cm³/mol. The first-order valence-electron chi connectivity index (χ1n) is 12.5. The van der Waals surface area contributed by atoms with Crippen molar-refractivity contribution in [3.8, 4) is 17.0 Å². The second-order valence-electron chi connectivity index (χ2n) is 9.35. The van der Waals surface area contributed by atoms with E-state index in [1.165, 1.54) is 0 Å². The maximum absolute atomic E-state index is 13.0. The summed E-state index contributed by atoms with van der Waals surface area (Å²) in [7, 11) is 2.03. The van der Waals surface area contributed by atoms with E-state index in [9.17, 15) is 9.90 Å². The lowest BCUT2D eigenvalue weighted by Gasteiger charge is -2.20. The molecule has 0 saturated carbocycles. The first kappa shape index (κ1) is 27.6. The number of halogens is 1. The standard InChI is InChI=1S/C28H37ClN4O3/c1-5-6-7-25-32-23(17-33(25)4)20-10-8-19(9-11-20)16-21(14-15-34)31-28(35)22-12-13-24(36-18(2)3)26(29)27(22)30/h8-13,17-18,21,34H,5-7,14-16,30H2,1-4H3,(H,31,35). The summed E-state index contributed by atoms with van der Waals surface area (Å²) in [5.41, 5.74) is 9.64. The third-order valence-electron chi connectivity index (χ3n) is 6.02. The van der Waals surface area contributed by atoms with E-state index in [4.69, 9.17) is 27.1 Å². The molecule has 36 heavy (non-hydrogen) atoms. The van der Waals surface area contributed by atoms with Crippen LogP contribution in [0, 0.1) is 0 Å². The van der Waals surface area contributed by atoms with Gasteiger partial charge in [-0.05, 0) is 50.8 Å². The number of amides is 1. The van der Waals surface area contributed by atoms with Crippen LogP contribution in [0.25, 0.3) is 11.3 Å². The van der Waals surface area contributed by atoms with Crippen molar-refractivity contribution < 1.29 is 14.6 Å². The van der Waals surface area contributed by atoms with Gasteiger partial charge in [-0.3, -0.25) is 4.79 Å². The molecule has 0 aliphatic rings. The van der Waals surface area contributed by atoms with Gasteiger partial charge >= 0.3 is 0 Å². The molecule has 0 saturated heterocycles. The van der Waals surface area contributed by atoms with Crippen LogP contribution in [-0.2, 0) is 19.9 Å². The zero-order chi connectivity index (χ0) is 26.2. The number of aromatic nitrogens is 2. The Hall–Kier alpha value is -3.03. The first-order valence-corrected chi connectivity index (χ1v) is 12.9. The Kier molecular flexibility index (Phi) is 9.79. The van der Waals surface area contributed by atoms with Gasteiger partial charge in [0.2, 0.25) is 0 Å². The van der Waals surface area contributed by atoms with Gasteiger partial charge in [0.25, 0.3) is 5.91 Å². The highest BCUT2D eigenvalue weighted by atomic mass is 35.5. The minimum Gasteiger partial charge on any atom is -0.489 e. The molecule has 1 amide bonds. The van der Waals surface area contributed by atoms with Crippen LogP contribution >= 0.6 is 11.6 Å². The van der Waals surface area contributed by atoms with Crippen molar-refractivity contribution in [1.29, 1.82) is 0 Å². The fourth-order valence-electron chi connectivity index (χ4n) is 4.07. The van der Waals surface area contributed by atoms with Crippen LogP contribution in [-0.4, -0.2) is 39.3 Å². The van der Waals surface area contributed by atoms with Crippen molar-refractivity contribution in [3.05, 3.63) is 64.6 Å². The Bertz CT molecular complexity index is 1160. The Morgan fingerprint density at radius 3 is 2.58 bits per heavy atom. The number of hydrogen-bond donors (Lipinski definition) is 3. The van der Waals surface area contributed by atoms with Crippen LogP contribution in [0.2, 0.25) is 5.02 Å². The van der Waals surface area contributed by atoms with Gasteiger partial charge in [-0.25, -0.2) is 4.98 Å². The fourth-order valence-corrected chi connectivity index (χ4v) is 4.28. The number of hydrogen-bond acceptors (Lipinski definition) is 5. The molecule has 8 heteroatoms. The quantitative estimate of drug-likeness (QED) is 0.290. The molecular weight excluding hydrogens is 476 g/mol. The average Bonchev–Trinajstić information content (AvgIpc) is 3.21. The van der Waals surface area contributed by atoms with Crippen LogP contribution in [0.4, 0.5) is 5.69 Å². The van der Waals surface area contributed by atoms with Gasteiger partial charge in [0, 0.05) is 37.9 Å². The number of benzene rings is 2. The minimum atomic E-state index is -0.339. The second-order valence-corrected chi connectivity index (χ2v) is 9.72. The highest BCUT2D eigenvalue weighted by Gasteiger charge is 2.20. The third-order valence-corrected chi connectivity index (χ3v) is 6.41. The van der Waals surface area contributed by atoms with E-state index < -0.39 is 0 Å². The summed E-state index contributed by atoms with van der Waals surface area (Å²) in [5, 5.41) is 12.8. The van der Waals surface area contributed by atoms with Crippen molar-refractivity contribution in [2.45, 2.75) is 65.0 Å². The van der Waals surface area contributed by atoms with E-state index in [2.05, 4.69) is 23.0 Å². The number of nitrogens with two attached hydrogens (primary N) is 1. The molecule has 1 unspecified atom stereocenters. The van der Waals surface area contributed by atoms with Gasteiger partial charge < -0.3 is 25.5 Å². The summed E-state index contributed by atoms with van der Waals surface area (Å²) in [5.74, 6) is 1.19. The maximum atomic E-state index is 13.0. The molecule has 1 aromatic heterocycles. The van der Waals surface area contributed by atoms with Crippen LogP contribution in [0.1, 0.15) is 61.8 Å².